The van der Waals surface area contributed by atoms with Crippen LogP contribution in [0.5, 0.6) is 0 Å². The van der Waals surface area contributed by atoms with E-state index < -0.39 is 5.97 Å². The molecule has 0 amide bonds. The van der Waals surface area contributed by atoms with Crippen molar-refractivity contribution in [2.45, 2.75) is 6.42 Å². The van der Waals surface area contributed by atoms with Crippen LogP contribution >= 0.6 is 11.6 Å². The average molecular weight is 239 g/mol. The van der Waals surface area contributed by atoms with Crippen molar-refractivity contribution >= 4 is 29.4 Å². The monoisotopic (exact) mass is 238 g/mol. The van der Waals surface area contributed by atoms with Crippen molar-refractivity contribution in [3.8, 4) is 0 Å². The van der Waals surface area contributed by atoms with E-state index in [1.165, 1.54) is 6.08 Å². The number of benzene rings is 1. The van der Waals surface area contributed by atoms with Gasteiger partial charge in [0, 0.05) is 23.9 Å². The zero-order chi connectivity index (χ0) is 12.0. The van der Waals surface area contributed by atoms with Crippen molar-refractivity contribution in [2.75, 3.05) is 5.88 Å². The number of halogens is 1. The normalized spacial score (nSPS) is 10.6. The summed E-state index contributed by atoms with van der Waals surface area (Å²) < 4.78 is 0. The van der Waals surface area contributed by atoms with Gasteiger partial charge < -0.3 is 5.11 Å². The Hall–Kier alpha value is -1.61. The third-order valence-corrected chi connectivity index (χ3v) is 2.14. The lowest BCUT2D eigenvalue weighted by atomic mass is 10.1. The predicted octanol–water partition coefficient (Wildman–Crippen LogP) is 2.60. The maximum absolute atomic E-state index is 11.5. The molecular formula is C12H11ClO3. The molecule has 0 unspecified atom stereocenters. The molecule has 1 N–H and O–H groups in total. The number of hydrogen-bond donors (Lipinski definition) is 1. The second-order valence-electron chi connectivity index (χ2n) is 3.16. The minimum absolute atomic E-state index is 0.0411. The second-order valence-corrected chi connectivity index (χ2v) is 3.54. The van der Waals surface area contributed by atoms with E-state index >= 15 is 0 Å². The maximum atomic E-state index is 11.5. The summed E-state index contributed by atoms with van der Waals surface area (Å²) >= 11 is 5.48. The summed E-state index contributed by atoms with van der Waals surface area (Å²) in [7, 11) is 0. The first-order valence-corrected chi connectivity index (χ1v) is 5.27. The van der Waals surface area contributed by atoms with Crippen LogP contribution in [0.25, 0.3) is 6.08 Å². The smallest absolute Gasteiger partial charge is 0.328 e. The van der Waals surface area contributed by atoms with Crippen molar-refractivity contribution in [1.82, 2.24) is 0 Å². The highest BCUT2D eigenvalue weighted by molar-refractivity contribution is 6.19. The van der Waals surface area contributed by atoms with Crippen LogP contribution in [-0.4, -0.2) is 22.7 Å². The molecular weight excluding hydrogens is 228 g/mol. The molecule has 0 aliphatic rings. The minimum Gasteiger partial charge on any atom is -0.478 e. The SMILES string of the molecule is O=C(O)C=Cc1cccc(C(=O)CCCl)c1. The minimum atomic E-state index is -1.02. The standard InChI is InChI=1S/C12H11ClO3/c13-7-6-11(14)10-3-1-2-9(8-10)4-5-12(15)16/h1-5,8H,6-7H2,(H,15,16). The molecule has 4 heteroatoms. The maximum Gasteiger partial charge on any atom is 0.328 e. The molecule has 1 aromatic carbocycles. The highest BCUT2D eigenvalue weighted by atomic mass is 35.5. The van der Waals surface area contributed by atoms with Crippen molar-refractivity contribution in [3.05, 3.63) is 41.5 Å². The topological polar surface area (TPSA) is 54.4 Å². The molecule has 16 heavy (non-hydrogen) atoms. The van der Waals surface area contributed by atoms with Gasteiger partial charge in [0.15, 0.2) is 5.78 Å². The first-order valence-electron chi connectivity index (χ1n) is 4.73. The van der Waals surface area contributed by atoms with Crippen LogP contribution < -0.4 is 0 Å². The number of carbonyl (C=O) groups is 2. The fourth-order valence-corrected chi connectivity index (χ4v) is 1.39. The summed E-state index contributed by atoms with van der Waals surface area (Å²) in [5, 5.41) is 8.47. The van der Waals surface area contributed by atoms with Gasteiger partial charge >= 0.3 is 5.97 Å². The van der Waals surface area contributed by atoms with E-state index in [0.29, 0.717) is 11.1 Å². The van der Waals surface area contributed by atoms with Crippen LogP contribution in [0.4, 0.5) is 0 Å². The molecule has 0 heterocycles. The van der Waals surface area contributed by atoms with E-state index in [-0.39, 0.29) is 18.1 Å². The third kappa shape index (κ3) is 3.87. The molecule has 0 atom stereocenters. The van der Waals surface area contributed by atoms with Gasteiger partial charge in [0.05, 0.1) is 0 Å². The van der Waals surface area contributed by atoms with E-state index in [1.807, 2.05) is 0 Å². The lowest BCUT2D eigenvalue weighted by Crippen LogP contribution is -1.99. The number of hydrogen-bond acceptors (Lipinski definition) is 2. The molecule has 0 radical (unpaired) electrons. The molecule has 0 saturated heterocycles. The van der Waals surface area contributed by atoms with Crippen LogP contribution in [0.15, 0.2) is 30.3 Å². The van der Waals surface area contributed by atoms with Gasteiger partial charge in [0.1, 0.15) is 0 Å². The number of carboxylic acids is 1. The number of alkyl halides is 1. The number of aliphatic carboxylic acids is 1. The molecule has 0 aliphatic carbocycles. The van der Waals surface area contributed by atoms with Crippen molar-refractivity contribution in [1.29, 1.82) is 0 Å². The molecule has 1 aromatic rings. The van der Waals surface area contributed by atoms with E-state index in [0.717, 1.165) is 6.08 Å². The van der Waals surface area contributed by atoms with E-state index in [1.54, 1.807) is 24.3 Å². The lowest BCUT2D eigenvalue weighted by Gasteiger charge is -1.99. The summed E-state index contributed by atoms with van der Waals surface area (Å²) in [5.41, 5.74) is 1.23. The number of carbonyl (C=O) groups excluding carboxylic acids is 1. The van der Waals surface area contributed by atoms with Gasteiger partial charge in [-0.3, -0.25) is 4.79 Å². The highest BCUT2D eigenvalue weighted by Gasteiger charge is 2.04. The Morgan fingerprint density at radius 1 is 1.38 bits per heavy atom. The first-order chi connectivity index (χ1) is 7.63. The number of Topliss-reactive ketones (excluding diaryl/α,β-unsaturated/α-hetero) is 1. The van der Waals surface area contributed by atoms with Crippen LogP contribution in [-0.2, 0) is 4.79 Å². The number of carboxylic acid groups (broad SMARTS) is 1. The van der Waals surface area contributed by atoms with Gasteiger partial charge in [-0.15, -0.1) is 11.6 Å². The molecule has 0 fully saturated rings. The molecule has 0 aromatic heterocycles. The summed E-state index contributed by atoms with van der Waals surface area (Å²) in [4.78, 5) is 21.8. The zero-order valence-electron chi connectivity index (χ0n) is 8.52. The molecule has 0 spiro atoms. The summed E-state index contributed by atoms with van der Waals surface area (Å²) in [6, 6.07) is 6.78. The predicted molar refractivity (Wildman–Crippen MR) is 62.8 cm³/mol. The van der Waals surface area contributed by atoms with Crippen LogP contribution in [0.2, 0.25) is 0 Å². The Bertz CT molecular complexity index is 424. The van der Waals surface area contributed by atoms with E-state index in [9.17, 15) is 9.59 Å². The van der Waals surface area contributed by atoms with Gasteiger partial charge in [0.25, 0.3) is 0 Å². The Balaban J connectivity index is 2.86. The summed E-state index contributed by atoms with van der Waals surface area (Å²) in [6.45, 7) is 0. The van der Waals surface area contributed by atoms with Crippen LogP contribution in [0.1, 0.15) is 22.3 Å². The van der Waals surface area contributed by atoms with Gasteiger partial charge in [-0.2, -0.15) is 0 Å². The summed E-state index contributed by atoms with van der Waals surface area (Å²) in [6.07, 6.45) is 2.76. The molecule has 0 aliphatic heterocycles. The third-order valence-electron chi connectivity index (χ3n) is 1.95. The Morgan fingerprint density at radius 2 is 2.12 bits per heavy atom. The second kappa shape index (κ2) is 6.08. The molecule has 0 bridgehead atoms. The van der Waals surface area contributed by atoms with Crippen LogP contribution in [0.3, 0.4) is 0 Å². The highest BCUT2D eigenvalue weighted by Crippen LogP contribution is 2.09. The Labute approximate surface area is 98.4 Å². The number of ketones is 1. The molecule has 0 saturated carbocycles. The fourth-order valence-electron chi connectivity index (χ4n) is 1.21. The summed E-state index contributed by atoms with van der Waals surface area (Å²) in [5.74, 6) is -0.772. The lowest BCUT2D eigenvalue weighted by molar-refractivity contribution is -0.131. The molecule has 84 valence electrons. The van der Waals surface area contributed by atoms with E-state index in [2.05, 4.69) is 0 Å². The largest absolute Gasteiger partial charge is 0.478 e. The van der Waals surface area contributed by atoms with Crippen molar-refractivity contribution in [2.24, 2.45) is 0 Å². The van der Waals surface area contributed by atoms with Gasteiger partial charge in [-0.25, -0.2) is 4.79 Å². The van der Waals surface area contributed by atoms with Crippen molar-refractivity contribution in [3.63, 3.8) is 0 Å². The van der Waals surface area contributed by atoms with Gasteiger partial charge in [-0.05, 0) is 17.7 Å². The molecule has 3 nitrogen and oxygen atoms in total. The average Bonchev–Trinajstić information content (AvgIpc) is 2.27. The van der Waals surface area contributed by atoms with E-state index in [4.69, 9.17) is 16.7 Å². The van der Waals surface area contributed by atoms with Gasteiger partial charge in [-0.1, -0.05) is 18.2 Å². The van der Waals surface area contributed by atoms with Crippen molar-refractivity contribution < 1.29 is 14.7 Å². The number of rotatable bonds is 5. The first kappa shape index (κ1) is 12.5. The fraction of sp³-hybridized carbons (Fsp3) is 0.167. The van der Waals surface area contributed by atoms with Gasteiger partial charge in [0.2, 0.25) is 0 Å². The molecule has 1 rings (SSSR count). The zero-order valence-corrected chi connectivity index (χ0v) is 9.28. The Kier molecular flexibility index (Phi) is 4.73. The Morgan fingerprint density at radius 3 is 2.75 bits per heavy atom. The van der Waals surface area contributed by atoms with Crippen LogP contribution in [0, 0.1) is 0 Å². The quantitative estimate of drug-likeness (QED) is 0.487.